The van der Waals surface area contributed by atoms with Gasteiger partial charge in [0.15, 0.2) is 6.20 Å². The fourth-order valence-electron chi connectivity index (χ4n) is 7.21. The quantitative estimate of drug-likeness (QED) is 0.172. The molecule has 0 bridgehead atoms. The standard InChI is InChI=1S/C35H36NS/c1-20(2)31-27-12-10-21(3)16-29(27)22(4)32-34-33-28(14-15-36(34)5)26-13-11-24(17-23-8-6-7-9-23)18-25(26)19-30(33)37-35(31)32/h10-16,18-20,23H,6-9,17H2,1-5H3/q+1. The second kappa shape index (κ2) is 8.60. The van der Waals surface area contributed by atoms with Crippen molar-refractivity contribution in [2.24, 2.45) is 13.0 Å². The number of aromatic nitrogens is 1. The summed E-state index contributed by atoms with van der Waals surface area (Å²) in [5, 5.41) is 8.42. The van der Waals surface area contributed by atoms with Gasteiger partial charge >= 0.3 is 0 Å². The first-order chi connectivity index (χ1) is 17.9. The number of fused-ring (bicyclic) bond motifs is 5. The van der Waals surface area contributed by atoms with E-state index in [0.717, 1.165) is 5.92 Å². The first-order valence-corrected chi connectivity index (χ1v) is 14.9. The van der Waals surface area contributed by atoms with Crippen molar-refractivity contribution in [3.05, 3.63) is 77.0 Å². The lowest BCUT2D eigenvalue weighted by Crippen LogP contribution is -2.32. The van der Waals surface area contributed by atoms with Crippen molar-refractivity contribution in [3.8, 4) is 11.3 Å². The first kappa shape index (κ1) is 23.3. The Morgan fingerprint density at radius 2 is 1.68 bits per heavy atom. The average molecular weight is 503 g/mol. The lowest BCUT2D eigenvalue weighted by Gasteiger charge is -2.26. The number of pyridine rings is 1. The Hall–Kier alpha value is -2.84. The zero-order valence-corrected chi connectivity index (χ0v) is 23.6. The van der Waals surface area contributed by atoms with Crippen molar-refractivity contribution < 1.29 is 4.57 Å². The Balaban J connectivity index is 1.53. The molecule has 0 spiro atoms. The molecule has 0 amide bonds. The third-order valence-corrected chi connectivity index (χ3v) is 10.2. The van der Waals surface area contributed by atoms with Crippen LogP contribution in [-0.4, -0.2) is 0 Å². The molecule has 0 N–H and O–H groups in total. The number of rotatable bonds is 3. The van der Waals surface area contributed by atoms with E-state index < -0.39 is 0 Å². The van der Waals surface area contributed by atoms with Gasteiger partial charge in [-0.2, -0.15) is 0 Å². The summed E-state index contributed by atoms with van der Waals surface area (Å²) in [4.78, 5) is 2.87. The minimum absolute atomic E-state index is 0.455. The van der Waals surface area contributed by atoms with E-state index in [0.29, 0.717) is 5.92 Å². The molecule has 37 heavy (non-hydrogen) atoms. The summed E-state index contributed by atoms with van der Waals surface area (Å²) in [6.07, 6.45) is 9.14. The summed E-state index contributed by atoms with van der Waals surface area (Å²) in [6, 6.07) is 19.2. The van der Waals surface area contributed by atoms with Gasteiger partial charge in [0.25, 0.3) is 0 Å². The maximum Gasteiger partial charge on any atom is 0.222 e. The molecule has 1 saturated carbocycles. The zero-order chi connectivity index (χ0) is 25.4. The van der Waals surface area contributed by atoms with E-state index in [9.17, 15) is 0 Å². The maximum atomic E-state index is 2.49. The Kier molecular flexibility index (Phi) is 5.41. The summed E-state index contributed by atoms with van der Waals surface area (Å²) in [5.74, 6) is 1.33. The minimum Gasteiger partial charge on any atom is -0.200 e. The molecule has 7 rings (SSSR count). The van der Waals surface area contributed by atoms with Crippen LogP contribution < -0.4 is 4.57 Å². The summed E-state index contributed by atoms with van der Waals surface area (Å²) in [6.45, 7) is 9.27. The van der Waals surface area contributed by atoms with Gasteiger partial charge in [0.2, 0.25) is 5.69 Å². The Labute approximate surface area is 224 Å². The molecule has 1 aliphatic carbocycles. The molecule has 2 heterocycles. The molecule has 0 saturated heterocycles. The van der Waals surface area contributed by atoms with Crippen molar-refractivity contribution >= 4 is 44.1 Å². The molecule has 1 aromatic heterocycles. The number of aryl methyl sites for hydroxylation is 3. The van der Waals surface area contributed by atoms with E-state index in [4.69, 9.17) is 0 Å². The molecular weight excluding hydrogens is 466 g/mol. The largest absolute Gasteiger partial charge is 0.222 e. The summed E-state index contributed by atoms with van der Waals surface area (Å²) in [7, 11) is 2.22. The van der Waals surface area contributed by atoms with E-state index in [2.05, 4.69) is 94.0 Å². The molecular formula is C35H36NS+. The maximum absolute atomic E-state index is 2.49. The SMILES string of the molecule is Cc1ccc2c(C(C)C)c3c(c(C)c2c1)-c1c2c(cc4cc(CC5CCCC5)ccc4c2cc[n+]1C)S3. The normalized spacial score (nSPS) is 15.4. The molecule has 0 unspecified atom stereocenters. The molecule has 1 fully saturated rings. The monoisotopic (exact) mass is 502 g/mol. The van der Waals surface area contributed by atoms with Crippen LogP contribution in [0.15, 0.2) is 64.5 Å². The van der Waals surface area contributed by atoms with Gasteiger partial charge in [-0.1, -0.05) is 93.3 Å². The molecule has 1 nitrogen and oxygen atoms in total. The van der Waals surface area contributed by atoms with Gasteiger partial charge < -0.3 is 0 Å². The zero-order valence-electron chi connectivity index (χ0n) is 22.7. The third-order valence-electron chi connectivity index (χ3n) is 9.00. The van der Waals surface area contributed by atoms with Gasteiger partial charge in [-0.15, -0.1) is 0 Å². The lowest BCUT2D eigenvalue weighted by atomic mass is 9.86. The predicted octanol–water partition coefficient (Wildman–Crippen LogP) is 9.58. The van der Waals surface area contributed by atoms with E-state index in [1.807, 2.05) is 11.8 Å². The van der Waals surface area contributed by atoms with Gasteiger partial charge in [0.1, 0.15) is 7.05 Å². The summed E-state index contributed by atoms with van der Waals surface area (Å²) in [5.41, 5.74) is 8.56. The molecule has 0 radical (unpaired) electrons. The highest BCUT2D eigenvalue weighted by Crippen LogP contribution is 2.54. The molecule has 5 aromatic rings. The van der Waals surface area contributed by atoms with Crippen LogP contribution >= 0.6 is 11.8 Å². The van der Waals surface area contributed by atoms with Crippen molar-refractivity contribution in [2.75, 3.05) is 0 Å². The Morgan fingerprint density at radius 3 is 2.46 bits per heavy atom. The van der Waals surface area contributed by atoms with Gasteiger partial charge in [-0.05, 0) is 76.4 Å². The molecule has 2 heteroatoms. The summed E-state index contributed by atoms with van der Waals surface area (Å²) < 4.78 is 2.36. The smallest absolute Gasteiger partial charge is 0.200 e. The van der Waals surface area contributed by atoms with Gasteiger partial charge in [-0.3, -0.25) is 0 Å². The molecule has 4 aromatic carbocycles. The van der Waals surface area contributed by atoms with Gasteiger partial charge in [-0.25, -0.2) is 4.57 Å². The Bertz CT molecular complexity index is 1740. The van der Waals surface area contributed by atoms with Crippen LogP contribution in [0.5, 0.6) is 0 Å². The third kappa shape index (κ3) is 3.56. The van der Waals surface area contributed by atoms with Crippen LogP contribution in [0.25, 0.3) is 43.6 Å². The second-order valence-corrected chi connectivity index (χ2v) is 12.9. The van der Waals surface area contributed by atoms with Crippen molar-refractivity contribution in [1.82, 2.24) is 0 Å². The highest BCUT2D eigenvalue weighted by molar-refractivity contribution is 8.00. The van der Waals surface area contributed by atoms with Crippen LogP contribution in [0.2, 0.25) is 0 Å². The average Bonchev–Trinajstić information content (AvgIpc) is 3.38. The van der Waals surface area contributed by atoms with Gasteiger partial charge in [0, 0.05) is 21.2 Å². The number of hydrogen-bond donors (Lipinski definition) is 0. The number of nitrogens with zero attached hydrogens (tertiary/aromatic N) is 1. The highest BCUT2D eigenvalue weighted by Gasteiger charge is 2.33. The van der Waals surface area contributed by atoms with E-state index in [1.165, 1.54) is 108 Å². The van der Waals surface area contributed by atoms with Gasteiger partial charge in [0.05, 0.1) is 10.9 Å². The van der Waals surface area contributed by atoms with Crippen molar-refractivity contribution in [3.63, 3.8) is 0 Å². The predicted molar refractivity (Wildman–Crippen MR) is 159 cm³/mol. The number of benzene rings is 4. The van der Waals surface area contributed by atoms with Crippen molar-refractivity contribution in [2.45, 2.75) is 75.5 Å². The lowest BCUT2D eigenvalue weighted by molar-refractivity contribution is -0.659. The number of hydrogen-bond acceptors (Lipinski definition) is 1. The second-order valence-electron chi connectivity index (χ2n) is 11.9. The minimum atomic E-state index is 0.455. The van der Waals surface area contributed by atoms with E-state index in [-0.39, 0.29) is 0 Å². The van der Waals surface area contributed by atoms with Crippen LogP contribution in [0.4, 0.5) is 0 Å². The van der Waals surface area contributed by atoms with Crippen LogP contribution in [0, 0.1) is 19.8 Å². The highest BCUT2D eigenvalue weighted by atomic mass is 32.2. The fourth-order valence-corrected chi connectivity index (χ4v) is 8.73. The van der Waals surface area contributed by atoms with Crippen LogP contribution in [-0.2, 0) is 13.5 Å². The molecule has 186 valence electrons. The molecule has 2 aliphatic rings. The molecule has 1 aliphatic heterocycles. The topological polar surface area (TPSA) is 3.88 Å². The van der Waals surface area contributed by atoms with Crippen molar-refractivity contribution in [1.29, 1.82) is 0 Å². The summed E-state index contributed by atoms with van der Waals surface area (Å²) >= 11 is 2.01. The van der Waals surface area contributed by atoms with Crippen LogP contribution in [0.3, 0.4) is 0 Å². The van der Waals surface area contributed by atoms with Crippen LogP contribution in [0.1, 0.15) is 67.7 Å². The van der Waals surface area contributed by atoms with E-state index >= 15 is 0 Å². The van der Waals surface area contributed by atoms with E-state index in [1.54, 1.807) is 0 Å². The fraction of sp³-hybridized carbons (Fsp3) is 0.343. The molecule has 0 atom stereocenters. The first-order valence-electron chi connectivity index (χ1n) is 14.0. The Morgan fingerprint density at radius 1 is 0.892 bits per heavy atom.